The topological polar surface area (TPSA) is 0 Å². The zero-order chi connectivity index (χ0) is 20.2. The molecule has 0 saturated heterocycles. The minimum atomic E-state index is -0.414. The highest BCUT2D eigenvalue weighted by Crippen LogP contribution is 2.36. The monoisotopic (exact) mass is 422 g/mol. The van der Waals surface area contributed by atoms with E-state index in [4.69, 9.17) is 0 Å². The van der Waals surface area contributed by atoms with Gasteiger partial charge in [-0.1, -0.05) is 132 Å². The fraction of sp³-hybridized carbons (Fsp3) is 0.214. The molecule has 0 aromatic heterocycles. The molecule has 0 unspecified atom stereocenters. The summed E-state index contributed by atoms with van der Waals surface area (Å²) in [5.41, 5.74) is 1.47. The van der Waals surface area contributed by atoms with E-state index in [1.165, 1.54) is 0 Å². The summed E-state index contributed by atoms with van der Waals surface area (Å²) in [7, 11) is -0.827. The lowest BCUT2D eigenvalue weighted by Crippen LogP contribution is -2.42. The molecule has 0 heterocycles. The Morgan fingerprint density at radius 1 is 0.433 bits per heavy atom. The maximum absolute atomic E-state index is 2.46. The minimum Gasteiger partial charge on any atom is -0.0776 e. The van der Waals surface area contributed by atoms with E-state index in [1.54, 1.807) is 10.4 Å². The molecule has 1 aromatic rings. The largest absolute Gasteiger partial charge is 0.0776 e. The van der Waals surface area contributed by atoms with Gasteiger partial charge in [-0.2, -0.15) is 0 Å². The second-order valence-corrected chi connectivity index (χ2v) is 13.1. The van der Waals surface area contributed by atoms with E-state index >= 15 is 0 Å². The predicted octanol–water partition coefficient (Wildman–Crippen LogP) is 3.82. The number of hydrogen-bond donors (Lipinski definition) is 0. The van der Waals surface area contributed by atoms with Crippen LogP contribution in [0.3, 0.4) is 0 Å². The van der Waals surface area contributed by atoms with Crippen LogP contribution in [0.4, 0.5) is 0 Å². The molecular formula is C28H30Si2. The third kappa shape index (κ3) is 4.21. The molecule has 0 aliphatic heterocycles. The summed E-state index contributed by atoms with van der Waals surface area (Å²) < 4.78 is 0. The molecule has 0 radical (unpaired) electrons. The Hall–Kier alpha value is -2.43. The average Bonchev–Trinajstić information content (AvgIpc) is 3.60. The highest BCUT2D eigenvalue weighted by Gasteiger charge is 2.30. The Balaban J connectivity index is 1.41. The first-order chi connectivity index (χ1) is 14.9. The van der Waals surface area contributed by atoms with Gasteiger partial charge in [0.05, 0.1) is 19.0 Å². The Morgan fingerprint density at radius 3 is 0.967 bits per heavy atom. The summed E-state index contributed by atoms with van der Waals surface area (Å²) in [5, 5.41) is 3.44. The van der Waals surface area contributed by atoms with Crippen LogP contribution in [0.1, 0.15) is 0 Å². The van der Waals surface area contributed by atoms with E-state index in [0.717, 1.165) is 11.1 Å². The van der Waals surface area contributed by atoms with E-state index in [9.17, 15) is 0 Å². The molecule has 5 rings (SSSR count). The van der Waals surface area contributed by atoms with Crippen molar-refractivity contribution in [1.29, 1.82) is 0 Å². The smallest absolute Gasteiger partial charge is 0.0594 e. The van der Waals surface area contributed by atoms with Crippen LogP contribution in [-0.2, 0) is 0 Å². The fourth-order valence-corrected chi connectivity index (χ4v) is 11.0. The predicted molar refractivity (Wildman–Crippen MR) is 137 cm³/mol. The first-order valence-electron chi connectivity index (χ1n) is 11.4. The highest BCUT2D eigenvalue weighted by atomic mass is 28.2. The molecule has 0 atom stereocenters. The van der Waals surface area contributed by atoms with Crippen LogP contribution in [0.15, 0.2) is 121 Å². The summed E-state index contributed by atoms with van der Waals surface area (Å²) >= 11 is 0. The average molecular weight is 423 g/mol. The lowest BCUT2D eigenvalue weighted by Gasteiger charge is -2.29. The van der Waals surface area contributed by atoms with Gasteiger partial charge in [0.15, 0.2) is 0 Å². The first kappa shape index (κ1) is 19.5. The van der Waals surface area contributed by atoms with Gasteiger partial charge in [-0.25, -0.2) is 0 Å². The molecule has 0 amide bonds. The van der Waals surface area contributed by atoms with E-state index in [2.05, 4.69) is 121 Å². The van der Waals surface area contributed by atoms with E-state index in [1.807, 2.05) is 0 Å². The molecule has 0 fully saturated rings. The Labute approximate surface area is 185 Å². The van der Waals surface area contributed by atoms with Crippen molar-refractivity contribution in [2.24, 2.45) is 23.7 Å². The lowest BCUT2D eigenvalue weighted by molar-refractivity contribution is 0.629. The summed E-state index contributed by atoms with van der Waals surface area (Å²) in [6.45, 7) is 0. The second kappa shape index (κ2) is 9.15. The fourth-order valence-electron chi connectivity index (χ4n) is 5.46. The Kier molecular flexibility index (Phi) is 5.96. The highest BCUT2D eigenvalue weighted by molar-refractivity contribution is 6.68. The number of benzene rings is 1. The Morgan fingerprint density at radius 2 is 0.700 bits per heavy atom. The van der Waals surface area contributed by atoms with Crippen molar-refractivity contribution in [2.75, 3.05) is 0 Å². The van der Waals surface area contributed by atoms with Gasteiger partial charge in [0, 0.05) is 0 Å². The summed E-state index contributed by atoms with van der Waals surface area (Å²) in [4.78, 5) is 0. The molecule has 0 nitrogen and oxygen atoms in total. The molecule has 4 aliphatic carbocycles. The quantitative estimate of drug-likeness (QED) is 0.559. The van der Waals surface area contributed by atoms with Crippen molar-refractivity contribution < 1.29 is 0 Å². The van der Waals surface area contributed by atoms with Crippen molar-refractivity contribution in [1.82, 2.24) is 0 Å². The number of allylic oxidation sites excluding steroid dienone is 16. The van der Waals surface area contributed by atoms with Gasteiger partial charge in [0.25, 0.3) is 0 Å². The van der Waals surface area contributed by atoms with Gasteiger partial charge in [-0.15, -0.1) is 0 Å². The van der Waals surface area contributed by atoms with E-state index in [-0.39, 0.29) is 0 Å². The summed E-state index contributed by atoms with van der Waals surface area (Å²) in [6, 6.07) is 9.48. The molecule has 2 heteroatoms. The van der Waals surface area contributed by atoms with Crippen molar-refractivity contribution in [2.45, 2.75) is 11.1 Å². The zero-order valence-corrected chi connectivity index (χ0v) is 20.3. The molecule has 4 aliphatic rings. The van der Waals surface area contributed by atoms with Gasteiger partial charge in [0.1, 0.15) is 0 Å². The lowest BCUT2D eigenvalue weighted by atomic mass is 9.95. The third-order valence-electron chi connectivity index (χ3n) is 7.12. The standard InChI is InChI=1S/C28H30Si2/c1-2-12-21(11-1)27(22-13-3-4-14-22)29-25-19-9-10-20-26(25)30-28(23-15-5-6-16-23)24-17-7-8-18-24/h1-24,27-28H,29-30H2. The molecular weight excluding hydrogens is 392 g/mol. The molecule has 30 heavy (non-hydrogen) atoms. The van der Waals surface area contributed by atoms with Crippen LogP contribution in [0.25, 0.3) is 0 Å². The van der Waals surface area contributed by atoms with Crippen LogP contribution in [0, 0.1) is 23.7 Å². The minimum absolute atomic E-state index is 0.414. The van der Waals surface area contributed by atoms with E-state index in [0.29, 0.717) is 23.7 Å². The van der Waals surface area contributed by atoms with E-state index < -0.39 is 19.0 Å². The molecule has 1 aromatic carbocycles. The van der Waals surface area contributed by atoms with Crippen LogP contribution >= 0.6 is 0 Å². The zero-order valence-electron chi connectivity index (χ0n) is 17.4. The van der Waals surface area contributed by atoms with Gasteiger partial charge < -0.3 is 0 Å². The van der Waals surface area contributed by atoms with Crippen LogP contribution in [0.5, 0.6) is 0 Å². The van der Waals surface area contributed by atoms with Gasteiger partial charge in [-0.3, -0.25) is 0 Å². The van der Waals surface area contributed by atoms with Crippen molar-refractivity contribution in [3.8, 4) is 0 Å². The summed E-state index contributed by atoms with van der Waals surface area (Å²) in [5.74, 6) is 2.39. The number of hydrogen-bond acceptors (Lipinski definition) is 0. The van der Waals surface area contributed by atoms with Gasteiger partial charge >= 0.3 is 0 Å². The normalized spacial score (nSPS) is 21.4. The van der Waals surface area contributed by atoms with Crippen molar-refractivity contribution in [3.63, 3.8) is 0 Å². The van der Waals surface area contributed by atoms with Gasteiger partial charge in [0.2, 0.25) is 0 Å². The van der Waals surface area contributed by atoms with Crippen LogP contribution < -0.4 is 10.4 Å². The first-order valence-corrected chi connectivity index (χ1v) is 14.4. The maximum atomic E-state index is 2.46. The molecule has 0 N–H and O–H groups in total. The Bertz CT molecular complexity index is 816. The molecule has 0 saturated carbocycles. The second-order valence-electron chi connectivity index (χ2n) is 8.89. The summed E-state index contributed by atoms with van der Waals surface area (Å²) in [6.07, 6.45) is 37.3. The van der Waals surface area contributed by atoms with Crippen LogP contribution in [-0.4, -0.2) is 19.0 Å². The van der Waals surface area contributed by atoms with Gasteiger partial charge in [-0.05, 0) is 34.8 Å². The van der Waals surface area contributed by atoms with Crippen LogP contribution in [0.2, 0.25) is 11.1 Å². The molecule has 0 bridgehead atoms. The van der Waals surface area contributed by atoms with Crippen molar-refractivity contribution >= 4 is 29.4 Å². The van der Waals surface area contributed by atoms with Crippen molar-refractivity contribution in [3.05, 3.63) is 121 Å². The molecule has 150 valence electrons. The number of rotatable bonds is 8. The maximum Gasteiger partial charge on any atom is 0.0594 e. The SMILES string of the molecule is C1=CC(C([SiH2]c2ccccc2[SiH2]C(C2C=CC=C2)C2C=CC=C2)C2C=CC=C2)C=C1. The third-order valence-corrected chi connectivity index (χ3v) is 13.0. The molecule has 0 spiro atoms.